The predicted octanol–water partition coefficient (Wildman–Crippen LogP) is 4.14. The van der Waals surface area contributed by atoms with Crippen molar-refractivity contribution in [2.45, 2.75) is 45.1 Å². The lowest BCUT2D eigenvalue weighted by atomic mass is 9.85. The van der Waals surface area contributed by atoms with Crippen molar-refractivity contribution in [2.75, 3.05) is 19.0 Å². The van der Waals surface area contributed by atoms with Gasteiger partial charge >= 0.3 is 0 Å². The molecule has 8 nitrogen and oxygen atoms in total. The van der Waals surface area contributed by atoms with Crippen LogP contribution in [0.2, 0.25) is 0 Å². The Hall–Kier alpha value is -3.42. The van der Waals surface area contributed by atoms with E-state index in [2.05, 4.69) is 5.32 Å². The Morgan fingerprint density at radius 2 is 1.84 bits per heavy atom. The fraction of sp³-hybridized carbons (Fsp3) is 0.391. The number of rotatable bonds is 5. The Morgan fingerprint density at radius 3 is 2.42 bits per heavy atom. The Kier molecular flexibility index (Phi) is 6.29. The third-order valence-electron chi connectivity index (χ3n) is 5.42. The number of nitrogens with one attached hydrogen (secondary N) is 1. The number of hydrogen-bond acceptors (Lipinski definition) is 5. The highest BCUT2D eigenvalue weighted by Crippen LogP contribution is 2.33. The van der Waals surface area contributed by atoms with E-state index >= 15 is 0 Å². The van der Waals surface area contributed by atoms with Crippen LogP contribution in [0.25, 0.3) is 0 Å². The van der Waals surface area contributed by atoms with E-state index in [0.717, 1.165) is 0 Å². The number of nitrogens with zero attached hydrogens (tertiary/aromatic N) is 2. The molecule has 164 valence electrons. The number of carbonyl (C=O) groups excluding carboxylic acids is 2. The number of carbonyl (C=O) groups is 2. The van der Waals surface area contributed by atoms with Gasteiger partial charge in [0.05, 0.1) is 12.0 Å². The molecule has 1 heterocycles. The van der Waals surface area contributed by atoms with Crippen LogP contribution in [0.5, 0.6) is 5.75 Å². The average Bonchev–Trinajstić information content (AvgIpc) is 3.22. The van der Waals surface area contributed by atoms with Crippen molar-refractivity contribution < 1.29 is 19.2 Å². The van der Waals surface area contributed by atoms with Crippen LogP contribution in [-0.4, -0.2) is 41.3 Å². The van der Waals surface area contributed by atoms with Crippen molar-refractivity contribution in [3.8, 4) is 5.75 Å². The van der Waals surface area contributed by atoms with Gasteiger partial charge in [-0.25, -0.2) is 0 Å². The molecule has 0 saturated carbocycles. The number of methoxy groups -OCH3 is 1. The summed E-state index contributed by atoms with van der Waals surface area (Å²) in [5.41, 5.74) is 0.860. The second-order valence-electron chi connectivity index (χ2n) is 8.61. The van der Waals surface area contributed by atoms with E-state index in [9.17, 15) is 19.7 Å². The minimum Gasteiger partial charge on any atom is -0.497 e. The molecule has 1 fully saturated rings. The first-order valence-corrected chi connectivity index (χ1v) is 10.2. The molecule has 2 aromatic rings. The lowest BCUT2D eigenvalue weighted by molar-refractivity contribution is -0.386. The second-order valence-corrected chi connectivity index (χ2v) is 8.61. The second kappa shape index (κ2) is 8.75. The summed E-state index contributed by atoms with van der Waals surface area (Å²) in [7, 11) is 1.56. The summed E-state index contributed by atoms with van der Waals surface area (Å²) < 4.78 is 5.11. The maximum Gasteiger partial charge on any atom is 0.273 e. The molecule has 3 rings (SSSR count). The van der Waals surface area contributed by atoms with Gasteiger partial charge in [-0.3, -0.25) is 19.7 Å². The van der Waals surface area contributed by atoms with Crippen LogP contribution in [0, 0.1) is 10.1 Å². The van der Waals surface area contributed by atoms with Crippen LogP contribution in [0.4, 0.5) is 11.4 Å². The van der Waals surface area contributed by atoms with E-state index in [-0.39, 0.29) is 23.1 Å². The normalized spacial score (nSPS) is 16.1. The molecule has 2 aromatic carbocycles. The smallest absolute Gasteiger partial charge is 0.273 e. The van der Waals surface area contributed by atoms with Crippen LogP contribution in [-0.2, 0) is 10.2 Å². The number of likely N-dealkylation sites (tertiary alicyclic amines) is 1. The van der Waals surface area contributed by atoms with Gasteiger partial charge in [-0.2, -0.15) is 0 Å². The van der Waals surface area contributed by atoms with E-state index < -0.39 is 16.4 Å². The molecule has 0 spiro atoms. The van der Waals surface area contributed by atoms with Gasteiger partial charge in [0.1, 0.15) is 11.8 Å². The minimum absolute atomic E-state index is 0.0863. The zero-order chi connectivity index (χ0) is 22.8. The van der Waals surface area contributed by atoms with Crippen LogP contribution in [0.15, 0.2) is 42.5 Å². The molecule has 8 heteroatoms. The molecule has 1 unspecified atom stereocenters. The summed E-state index contributed by atoms with van der Waals surface area (Å²) in [5.74, 6) is 0.0173. The van der Waals surface area contributed by atoms with Gasteiger partial charge in [-0.05, 0) is 48.6 Å². The molecule has 0 radical (unpaired) electrons. The van der Waals surface area contributed by atoms with Crippen LogP contribution in [0.3, 0.4) is 0 Å². The lowest BCUT2D eigenvalue weighted by Gasteiger charge is -2.25. The molecule has 0 aromatic heterocycles. The SMILES string of the molecule is COc1ccc(NC(=O)C2CCCN2C(=O)c2ccc(C(C)(C)C)c([N+](=O)[O-])c2)cc1. The molecular weight excluding hydrogens is 398 g/mol. The summed E-state index contributed by atoms with van der Waals surface area (Å²) >= 11 is 0. The summed E-state index contributed by atoms with van der Waals surface area (Å²) in [4.78, 5) is 38.6. The Morgan fingerprint density at radius 1 is 1.16 bits per heavy atom. The first-order chi connectivity index (χ1) is 14.6. The van der Waals surface area contributed by atoms with Crippen molar-refractivity contribution >= 4 is 23.2 Å². The summed E-state index contributed by atoms with van der Waals surface area (Å²) in [6.07, 6.45) is 1.23. The zero-order valence-corrected chi connectivity index (χ0v) is 18.2. The molecular formula is C23H27N3O5. The van der Waals surface area contributed by atoms with Crippen LogP contribution < -0.4 is 10.1 Å². The molecule has 1 aliphatic heterocycles. The van der Waals surface area contributed by atoms with Gasteiger partial charge in [0.25, 0.3) is 11.6 Å². The molecule has 1 N–H and O–H groups in total. The van der Waals surface area contributed by atoms with Crippen molar-refractivity contribution in [1.29, 1.82) is 0 Å². The highest BCUT2D eigenvalue weighted by molar-refractivity contribution is 6.02. The minimum atomic E-state index is -0.629. The van der Waals surface area contributed by atoms with Crippen molar-refractivity contribution in [3.05, 3.63) is 63.7 Å². The maximum absolute atomic E-state index is 13.1. The molecule has 31 heavy (non-hydrogen) atoms. The van der Waals surface area contributed by atoms with E-state index in [1.165, 1.54) is 11.0 Å². The summed E-state index contributed by atoms with van der Waals surface area (Å²) in [5, 5.41) is 14.4. The first-order valence-electron chi connectivity index (χ1n) is 10.2. The van der Waals surface area contributed by atoms with Crippen molar-refractivity contribution in [1.82, 2.24) is 4.90 Å². The van der Waals surface area contributed by atoms with Crippen molar-refractivity contribution in [2.24, 2.45) is 0 Å². The number of anilines is 1. The largest absolute Gasteiger partial charge is 0.497 e. The van der Waals surface area contributed by atoms with E-state index in [0.29, 0.717) is 36.4 Å². The average molecular weight is 425 g/mol. The quantitative estimate of drug-likeness (QED) is 0.573. The maximum atomic E-state index is 13.1. The standard InChI is InChI=1S/C23H27N3O5/c1-23(2,3)18-12-7-15(14-20(18)26(29)30)22(28)25-13-5-6-19(25)21(27)24-16-8-10-17(31-4)11-9-16/h7-12,14,19H,5-6,13H2,1-4H3,(H,24,27). The molecule has 1 saturated heterocycles. The monoisotopic (exact) mass is 425 g/mol. The van der Waals surface area contributed by atoms with Gasteiger partial charge in [-0.15, -0.1) is 0 Å². The van der Waals surface area contributed by atoms with Crippen molar-refractivity contribution in [3.63, 3.8) is 0 Å². The lowest BCUT2D eigenvalue weighted by Crippen LogP contribution is -2.43. The van der Waals surface area contributed by atoms with Gasteiger partial charge < -0.3 is 15.0 Å². The van der Waals surface area contributed by atoms with E-state index in [4.69, 9.17) is 4.74 Å². The van der Waals surface area contributed by atoms with Crippen LogP contribution in [0.1, 0.15) is 49.5 Å². The molecule has 1 atom stereocenters. The molecule has 2 amide bonds. The third-order valence-corrected chi connectivity index (χ3v) is 5.42. The van der Waals surface area contributed by atoms with Gasteiger partial charge in [0.2, 0.25) is 5.91 Å². The van der Waals surface area contributed by atoms with Gasteiger partial charge in [-0.1, -0.05) is 26.8 Å². The van der Waals surface area contributed by atoms with Gasteiger partial charge in [0.15, 0.2) is 0 Å². The molecule has 0 bridgehead atoms. The highest BCUT2D eigenvalue weighted by atomic mass is 16.6. The molecule has 0 aliphatic carbocycles. The number of ether oxygens (including phenoxy) is 1. The highest BCUT2D eigenvalue weighted by Gasteiger charge is 2.35. The summed E-state index contributed by atoms with van der Waals surface area (Å²) in [6.45, 7) is 6.08. The topological polar surface area (TPSA) is 102 Å². The Bertz CT molecular complexity index is 995. The Balaban J connectivity index is 1.81. The number of hydrogen-bond donors (Lipinski definition) is 1. The predicted molar refractivity (Wildman–Crippen MR) is 117 cm³/mol. The van der Waals surface area contributed by atoms with Crippen LogP contribution >= 0.6 is 0 Å². The fourth-order valence-corrected chi connectivity index (χ4v) is 3.80. The number of nitro groups is 1. The Labute approximate surface area is 181 Å². The van der Waals surface area contributed by atoms with E-state index in [1.54, 1.807) is 43.5 Å². The van der Waals surface area contributed by atoms with E-state index in [1.807, 2.05) is 20.8 Å². The fourth-order valence-electron chi connectivity index (χ4n) is 3.80. The first kappa shape index (κ1) is 22.3. The number of nitro benzene ring substituents is 1. The molecule has 1 aliphatic rings. The number of benzene rings is 2. The summed E-state index contributed by atoms with van der Waals surface area (Å²) in [6, 6.07) is 10.9. The number of amides is 2. The van der Waals surface area contributed by atoms with Gasteiger partial charge in [0, 0.05) is 29.4 Å². The zero-order valence-electron chi connectivity index (χ0n) is 18.2. The third kappa shape index (κ3) is 4.84.